The van der Waals surface area contributed by atoms with Gasteiger partial charge in [0, 0.05) is 11.0 Å². The van der Waals surface area contributed by atoms with Gasteiger partial charge in [0.15, 0.2) is 0 Å². The van der Waals surface area contributed by atoms with Crippen LogP contribution in [0.1, 0.15) is 11.7 Å². The lowest BCUT2D eigenvalue weighted by atomic mass is 10.1. The molecule has 0 heterocycles. The Hall–Kier alpha value is -1.32. The van der Waals surface area contributed by atoms with E-state index < -0.39 is 0 Å². The Balaban J connectivity index is 2.14. The van der Waals surface area contributed by atoms with Gasteiger partial charge in [0.1, 0.15) is 11.9 Å². The van der Waals surface area contributed by atoms with Crippen molar-refractivity contribution in [2.45, 2.75) is 6.10 Å². The van der Waals surface area contributed by atoms with Gasteiger partial charge in [-0.15, -0.1) is 0 Å². The van der Waals surface area contributed by atoms with Crippen molar-refractivity contribution in [1.29, 1.82) is 0 Å². The molecule has 94 valence electrons. The fraction of sp³-hybridized carbons (Fsp3) is 0.200. The van der Waals surface area contributed by atoms with Crippen LogP contribution in [-0.4, -0.2) is 13.6 Å². The van der Waals surface area contributed by atoms with Gasteiger partial charge in [0.2, 0.25) is 0 Å². The Morgan fingerprint density at radius 3 is 2.33 bits per heavy atom. The monoisotopic (exact) mass is 305 g/mol. The maximum atomic E-state index is 6.01. The van der Waals surface area contributed by atoms with Crippen LogP contribution < -0.4 is 10.1 Å². The third-order valence-corrected chi connectivity index (χ3v) is 3.18. The number of hydrogen-bond donors (Lipinski definition) is 1. The highest BCUT2D eigenvalue weighted by Crippen LogP contribution is 2.23. The third kappa shape index (κ3) is 3.59. The number of likely N-dealkylation sites (N-methyl/N-ethyl adjacent to an activating group) is 1. The molecule has 3 heteroatoms. The molecule has 0 radical (unpaired) electrons. The number of nitrogens with one attached hydrogen (secondary N) is 1. The standard InChI is InChI=1S/C15H16BrNO/c1-17-11-15(12-5-3-2-4-6-12)18-14-9-7-13(16)8-10-14/h2-10,15,17H,11H2,1H3. The number of rotatable bonds is 5. The van der Waals surface area contributed by atoms with Crippen molar-refractivity contribution in [3.8, 4) is 5.75 Å². The molecule has 18 heavy (non-hydrogen) atoms. The van der Waals surface area contributed by atoms with E-state index in [-0.39, 0.29) is 6.10 Å². The lowest BCUT2D eigenvalue weighted by Crippen LogP contribution is -2.21. The number of hydrogen-bond acceptors (Lipinski definition) is 2. The number of ether oxygens (including phenoxy) is 1. The second-order valence-electron chi connectivity index (χ2n) is 4.03. The van der Waals surface area contributed by atoms with Crippen molar-refractivity contribution < 1.29 is 4.74 Å². The molecule has 0 aliphatic rings. The van der Waals surface area contributed by atoms with Crippen LogP contribution in [0.5, 0.6) is 5.75 Å². The molecule has 0 amide bonds. The highest BCUT2D eigenvalue weighted by molar-refractivity contribution is 9.10. The number of benzene rings is 2. The van der Waals surface area contributed by atoms with E-state index in [1.165, 1.54) is 5.56 Å². The van der Waals surface area contributed by atoms with E-state index in [1.807, 2.05) is 49.5 Å². The Kier molecular flexibility index (Phi) is 4.79. The van der Waals surface area contributed by atoms with Gasteiger partial charge < -0.3 is 10.1 Å². The normalized spacial score (nSPS) is 12.1. The van der Waals surface area contributed by atoms with Gasteiger partial charge >= 0.3 is 0 Å². The molecular weight excluding hydrogens is 290 g/mol. The first-order valence-corrected chi connectivity index (χ1v) is 6.70. The topological polar surface area (TPSA) is 21.3 Å². The molecule has 1 unspecified atom stereocenters. The van der Waals surface area contributed by atoms with Crippen molar-refractivity contribution in [3.05, 3.63) is 64.6 Å². The van der Waals surface area contributed by atoms with Crippen LogP contribution in [0.25, 0.3) is 0 Å². The Bertz CT molecular complexity index is 470. The summed E-state index contributed by atoms with van der Waals surface area (Å²) >= 11 is 3.42. The first-order chi connectivity index (χ1) is 8.79. The van der Waals surface area contributed by atoms with E-state index in [0.29, 0.717) is 0 Å². The van der Waals surface area contributed by atoms with Crippen LogP contribution in [0, 0.1) is 0 Å². The fourth-order valence-corrected chi connectivity index (χ4v) is 2.02. The second-order valence-corrected chi connectivity index (χ2v) is 4.94. The third-order valence-electron chi connectivity index (χ3n) is 2.65. The zero-order chi connectivity index (χ0) is 12.8. The van der Waals surface area contributed by atoms with Gasteiger partial charge in [-0.25, -0.2) is 0 Å². The van der Waals surface area contributed by atoms with E-state index in [2.05, 4.69) is 33.4 Å². The van der Waals surface area contributed by atoms with E-state index in [1.54, 1.807) is 0 Å². The van der Waals surface area contributed by atoms with E-state index in [0.717, 1.165) is 16.8 Å². The maximum absolute atomic E-state index is 6.01. The molecule has 1 N–H and O–H groups in total. The molecule has 0 aromatic heterocycles. The molecule has 0 fully saturated rings. The zero-order valence-corrected chi connectivity index (χ0v) is 11.9. The van der Waals surface area contributed by atoms with Crippen LogP contribution in [0.3, 0.4) is 0 Å². The zero-order valence-electron chi connectivity index (χ0n) is 10.3. The molecule has 0 aliphatic heterocycles. The van der Waals surface area contributed by atoms with Crippen molar-refractivity contribution in [1.82, 2.24) is 5.32 Å². The lowest BCUT2D eigenvalue weighted by molar-refractivity contribution is 0.205. The van der Waals surface area contributed by atoms with Crippen molar-refractivity contribution >= 4 is 15.9 Å². The van der Waals surface area contributed by atoms with Crippen molar-refractivity contribution in [2.24, 2.45) is 0 Å². The molecule has 0 spiro atoms. The average molecular weight is 306 g/mol. The predicted octanol–water partition coefficient (Wildman–Crippen LogP) is 3.79. The summed E-state index contributed by atoms with van der Waals surface area (Å²) in [4.78, 5) is 0. The van der Waals surface area contributed by atoms with Crippen LogP contribution in [-0.2, 0) is 0 Å². The molecule has 2 aromatic rings. The first kappa shape index (κ1) is 13.1. The summed E-state index contributed by atoms with van der Waals surface area (Å²) < 4.78 is 7.07. The highest BCUT2D eigenvalue weighted by atomic mass is 79.9. The summed E-state index contributed by atoms with van der Waals surface area (Å²) in [6.45, 7) is 0.778. The first-order valence-electron chi connectivity index (χ1n) is 5.91. The van der Waals surface area contributed by atoms with Gasteiger partial charge in [-0.2, -0.15) is 0 Å². The molecule has 0 saturated heterocycles. The lowest BCUT2D eigenvalue weighted by Gasteiger charge is -2.19. The summed E-state index contributed by atoms with van der Waals surface area (Å²) in [5, 5.41) is 3.16. The highest BCUT2D eigenvalue weighted by Gasteiger charge is 2.11. The van der Waals surface area contributed by atoms with Crippen LogP contribution in [0.2, 0.25) is 0 Å². The van der Waals surface area contributed by atoms with Gasteiger partial charge in [0.05, 0.1) is 0 Å². The molecular formula is C15H16BrNO. The minimum Gasteiger partial charge on any atom is -0.484 e. The Labute approximate surface area is 116 Å². The van der Waals surface area contributed by atoms with Gasteiger partial charge in [0.25, 0.3) is 0 Å². The van der Waals surface area contributed by atoms with E-state index >= 15 is 0 Å². The number of halogens is 1. The quantitative estimate of drug-likeness (QED) is 0.907. The molecule has 2 aromatic carbocycles. The fourth-order valence-electron chi connectivity index (χ4n) is 1.76. The maximum Gasteiger partial charge on any atom is 0.136 e. The summed E-state index contributed by atoms with van der Waals surface area (Å²) in [6, 6.07) is 18.1. The van der Waals surface area contributed by atoms with Gasteiger partial charge in [-0.05, 0) is 36.9 Å². The molecule has 2 nitrogen and oxygen atoms in total. The predicted molar refractivity (Wildman–Crippen MR) is 77.9 cm³/mol. The minimum absolute atomic E-state index is 0.0253. The molecule has 1 atom stereocenters. The summed E-state index contributed by atoms with van der Waals surface area (Å²) in [6.07, 6.45) is 0.0253. The summed E-state index contributed by atoms with van der Waals surface area (Å²) in [5.41, 5.74) is 1.18. The van der Waals surface area contributed by atoms with Gasteiger partial charge in [-0.1, -0.05) is 46.3 Å². The molecule has 2 rings (SSSR count). The molecule has 0 saturated carbocycles. The molecule has 0 aliphatic carbocycles. The van der Waals surface area contributed by atoms with Crippen LogP contribution in [0.15, 0.2) is 59.1 Å². The largest absolute Gasteiger partial charge is 0.484 e. The van der Waals surface area contributed by atoms with Crippen molar-refractivity contribution in [3.63, 3.8) is 0 Å². The SMILES string of the molecule is CNCC(Oc1ccc(Br)cc1)c1ccccc1. The summed E-state index contributed by atoms with van der Waals surface area (Å²) in [7, 11) is 1.93. The van der Waals surface area contributed by atoms with E-state index in [4.69, 9.17) is 4.74 Å². The van der Waals surface area contributed by atoms with E-state index in [9.17, 15) is 0 Å². The van der Waals surface area contributed by atoms with Gasteiger partial charge in [-0.3, -0.25) is 0 Å². The Morgan fingerprint density at radius 1 is 1.06 bits per heavy atom. The smallest absolute Gasteiger partial charge is 0.136 e. The minimum atomic E-state index is 0.0253. The molecule has 0 bridgehead atoms. The van der Waals surface area contributed by atoms with Crippen molar-refractivity contribution in [2.75, 3.05) is 13.6 Å². The van der Waals surface area contributed by atoms with Crippen LogP contribution >= 0.6 is 15.9 Å². The Morgan fingerprint density at radius 2 is 1.72 bits per heavy atom. The second kappa shape index (κ2) is 6.57. The average Bonchev–Trinajstić information content (AvgIpc) is 2.42. The van der Waals surface area contributed by atoms with Crippen LogP contribution in [0.4, 0.5) is 0 Å². The summed E-state index contributed by atoms with van der Waals surface area (Å²) in [5.74, 6) is 0.877.